The lowest BCUT2D eigenvalue weighted by Gasteiger charge is -2.10. The molecule has 1 atom stereocenters. The molecule has 168 valence electrons. The van der Waals surface area contributed by atoms with Crippen molar-refractivity contribution in [1.29, 1.82) is 0 Å². The molecule has 0 spiro atoms. The van der Waals surface area contributed by atoms with E-state index in [1.807, 2.05) is 31.2 Å². The predicted molar refractivity (Wildman–Crippen MR) is 121 cm³/mol. The Hall–Kier alpha value is -3.11. The molecule has 1 amide bonds. The molecule has 0 bridgehead atoms. The molecule has 0 aliphatic rings. The van der Waals surface area contributed by atoms with Gasteiger partial charge in [-0.15, -0.1) is 0 Å². The third kappa shape index (κ3) is 7.91. The number of halogens is 1. The molecule has 0 aliphatic heterocycles. The molecule has 1 aromatic carbocycles. The molecule has 0 aliphatic carbocycles. The number of ether oxygens (including phenoxy) is 1. The summed E-state index contributed by atoms with van der Waals surface area (Å²) in [6.07, 6.45) is 2.76. The molecule has 0 saturated heterocycles. The molecule has 0 radical (unpaired) electrons. The molecule has 11 heteroatoms. The highest BCUT2D eigenvalue weighted by atomic mass is 35.5. The summed E-state index contributed by atoms with van der Waals surface area (Å²) in [5, 5.41) is 11.8. The van der Waals surface area contributed by atoms with Crippen LogP contribution in [0.1, 0.15) is 42.2 Å². The number of guanidine groups is 1. The third-order valence-corrected chi connectivity index (χ3v) is 4.63. The van der Waals surface area contributed by atoms with E-state index >= 15 is 0 Å². The third-order valence-electron chi connectivity index (χ3n) is 4.35. The van der Waals surface area contributed by atoms with Crippen molar-refractivity contribution in [2.75, 3.05) is 24.6 Å². The van der Waals surface area contributed by atoms with E-state index in [1.165, 1.54) is 5.56 Å². The minimum absolute atomic E-state index is 0.0464. The Morgan fingerprint density at radius 1 is 1.23 bits per heavy atom. The van der Waals surface area contributed by atoms with Crippen LogP contribution in [0, 0.1) is 0 Å². The zero-order valence-corrected chi connectivity index (χ0v) is 18.1. The average molecular weight is 450 g/mol. The van der Waals surface area contributed by atoms with Crippen molar-refractivity contribution in [1.82, 2.24) is 15.3 Å². The monoisotopic (exact) mass is 449 g/mol. The van der Waals surface area contributed by atoms with Gasteiger partial charge in [0, 0.05) is 6.54 Å². The molecule has 8 N–H and O–H groups in total. The van der Waals surface area contributed by atoms with E-state index in [4.69, 9.17) is 33.5 Å². The Balaban J connectivity index is 1.73. The van der Waals surface area contributed by atoms with Crippen LogP contribution < -0.4 is 27.3 Å². The first-order valence-corrected chi connectivity index (χ1v) is 10.3. The summed E-state index contributed by atoms with van der Waals surface area (Å²) >= 11 is 5.77. The van der Waals surface area contributed by atoms with Crippen LogP contribution >= 0.6 is 11.6 Å². The number of aliphatic hydroxyl groups is 1. The number of rotatable bonds is 10. The van der Waals surface area contributed by atoms with Gasteiger partial charge in [0.15, 0.2) is 28.4 Å². The number of hydrogen-bond donors (Lipinski definition) is 5. The lowest BCUT2D eigenvalue weighted by Crippen LogP contribution is -2.38. The van der Waals surface area contributed by atoms with Gasteiger partial charge in [-0.1, -0.05) is 30.7 Å². The largest absolute Gasteiger partial charge is 0.491 e. The summed E-state index contributed by atoms with van der Waals surface area (Å²) in [6, 6.07) is 7.77. The number of nitrogens with one attached hydrogen (secondary N) is 1. The molecule has 2 rings (SSSR count). The van der Waals surface area contributed by atoms with Crippen LogP contribution in [0.25, 0.3) is 0 Å². The van der Waals surface area contributed by atoms with Crippen molar-refractivity contribution in [3.8, 4) is 5.75 Å². The number of amides is 1. The van der Waals surface area contributed by atoms with Gasteiger partial charge in [-0.25, -0.2) is 9.97 Å². The number of aryl methyl sites for hydroxylation is 1. The highest BCUT2D eigenvalue weighted by molar-refractivity contribution is 6.31. The van der Waals surface area contributed by atoms with E-state index in [0.29, 0.717) is 13.0 Å². The lowest BCUT2D eigenvalue weighted by molar-refractivity contribution is 0.0972. The minimum Gasteiger partial charge on any atom is -0.491 e. The Morgan fingerprint density at radius 2 is 1.94 bits per heavy atom. The fourth-order valence-electron chi connectivity index (χ4n) is 2.53. The number of unbranched alkanes of at least 4 members (excludes halogenated alkanes) is 1. The maximum atomic E-state index is 12.2. The van der Waals surface area contributed by atoms with Crippen LogP contribution in [0.5, 0.6) is 5.75 Å². The smallest absolute Gasteiger partial charge is 0.280 e. The van der Waals surface area contributed by atoms with Crippen molar-refractivity contribution in [2.24, 2.45) is 10.7 Å². The van der Waals surface area contributed by atoms with Crippen LogP contribution in [0.2, 0.25) is 5.15 Å². The van der Waals surface area contributed by atoms with Gasteiger partial charge in [0.05, 0.1) is 6.10 Å². The van der Waals surface area contributed by atoms with Gasteiger partial charge < -0.3 is 27.0 Å². The number of aliphatic imine (C=N–C) groups is 1. The van der Waals surface area contributed by atoms with Gasteiger partial charge >= 0.3 is 0 Å². The number of benzene rings is 1. The fourth-order valence-corrected chi connectivity index (χ4v) is 2.65. The number of aliphatic hydroxyl groups excluding tert-OH is 1. The summed E-state index contributed by atoms with van der Waals surface area (Å²) in [5.41, 5.74) is 17.9. The molecule has 0 saturated carbocycles. The molecular formula is C20H28ClN7O3. The Labute approximate surface area is 185 Å². The Morgan fingerprint density at radius 3 is 2.61 bits per heavy atom. The van der Waals surface area contributed by atoms with E-state index < -0.39 is 12.0 Å². The number of carbonyl (C=O) groups excluding carboxylic acids is 1. The summed E-state index contributed by atoms with van der Waals surface area (Å²) < 4.78 is 5.52. The van der Waals surface area contributed by atoms with Crippen LogP contribution in [-0.2, 0) is 6.42 Å². The van der Waals surface area contributed by atoms with Crippen molar-refractivity contribution < 1.29 is 14.6 Å². The van der Waals surface area contributed by atoms with Crippen molar-refractivity contribution in [3.63, 3.8) is 0 Å². The average Bonchev–Trinajstić information content (AvgIpc) is 2.75. The number of nitrogens with two attached hydrogens (primary N) is 3. The maximum Gasteiger partial charge on any atom is 0.280 e. The number of anilines is 2. The molecule has 1 heterocycles. The van der Waals surface area contributed by atoms with Crippen molar-refractivity contribution >= 4 is 35.1 Å². The van der Waals surface area contributed by atoms with E-state index in [0.717, 1.165) is 25.0 Å². The van der Waals surface area contributed by atoms with E-state index in [2.05, 4.69) is 20.3 Å². The maximum absolute atomic E-state index is 12.2. The van der Waals surface area contributed by atoms with Crippen LogP contribution in [-0.4, -0.2) is 46.2 Å². The van der Waals surface area contributed by atoms with Gasteiger partial charge in [-0.2, -0.15) is 0 Å². The molecule has 31 heavy (non-hydrogen) atoms. The first-order valence-electron chi connectivity index (χ1n) is 9.89. The second-order valence-corrected chi connectivity index (χ2v) is 7.19. The zero-order chi connectivity index (χ0) is 22.8. The highest BCUT2D eigenvalue weighted by Gasteiger charge is 2.16. The topological polar surface area (TPSA) is 175 Å². The van der Waals surface area contributed by atoms with Gasteiger partial charge in [0.25, 0.3) is 5.91 Å². The predicted octanol–water partition coefficient (Wildman–Crippen LogP) is 1.51. The summed E-state index contributed by atoms with van der Waals surface area (Å²) in [5.74, 6) is -0.186. The molecule has 10 nitrogen and oxygen atoms in total. The van der Waals surface area contributed by atoms with Gasteiger partial charge in [-0.3, -0.25) is 15.1 Å². The van der Waals surface area contributed by atoms with Crippen LogP contribution in [0.3, 0.4) is 0 Å². The number of hydrogen-bond acceptors (Lipinski definition) is 8. The van der Waals surface area contributed by atoms with Crippen LogP contribution in [0.4, 0.5) is 11.6 Å². The molecular weight excluding hydrogens is 422 g/mol. The fraction of sp³-hybridized carbons (Fsp3) is 0.400. The highest BCUT2D eigenvalue weighted by Crippen LogP contribution is 2.17. The minimum atomic E-state index is -0.665. The summed E-state index contributed by atoms with van der Waals surface area (Å²) in [6.45, 7) is 2.64. The van der Waals surface area contributed by atoms with Crippen molar-refractivity contribution in [3.05, 3.63) is 40.7 Å². The first kappa shape index (κ1) is 24.2. The van der Waals surface area contributed by atoms with Gasteiger partial charge in [-0.05, 0) is 43.4 Å². The molecule has 1 aromatic heterocycles. The summed E-state index contributed by atoms with van der Waals surface area (Å²) in [7, 11) is 0. The van der Waals surface area contributed by atoms with E-state index in [-0.39, 0.29) is 35.0 Å². The molecule has 2 aromatic rings. The van der Waals surface area contributed by atoms with Crippen molar-refractivity contribution in [2.45, 2.75) is 38.7 Å². The van der Waals surface area contributed by atoms with E-state index in [9.17, 15) is 9.90 Å². The second-order valence-electron chi connectivity index (χ2n) is 6.83. The SMILES string of the molecule is CC[C@@H](O)COc1ccc(CCCCN=C(N)NC(=O)c2nc(Cl)c(N)nc2N)cc1. The first-order chi connectivity index (χ1) is 14.8. The Kier molecular flexibility index (Phi) is 9.29. The normalized spacial score (nSPS) is 12.4. The number of aromatic nitrogens is 2. The number of nitrogen functional groups attached to an aromatic ring is 2. The van der Waals surface area contributed by atoms with E-state index in [1.54, 1.807) is 0 Å². The van der Waals surface area contributed by atoms with Gasteiger partial charge in [0.2, 0.25) is 0 Å². The summed E-state index contributed by atoms with van der Waals surface area (Å²) in [4.78, 5) is 23.8. The quantitative estimate of drug-likeness (QED) is 0.206. The second kappa shape index (κ2) is 11.9. The Bertz CT molecular complexity index is 906. The van der Waals surface area contributed by atoms with Crippen LogP contribution in [0.15, 0.2) is 29.3 Å². The zero-order valence-electron chi connectivity index (χ0n) is 17.3. The number of carbonyl (C=O) groups is 1. The van der Waals surface area contributed by atoms with Gasteiger partial charge in [0.1, 0.15) is 12.4 Å². The lowest BCUT2D eigenvalue weighted by atomic mass is 10.1. The molecule has 0 unspecified atom stereocenters. The number of nitrogens with zero attached hydrogens (tertiary/aromatic N) is 3. The molecule has 0 fully saturated rings. The standard InChI is InChI=1S/C20H28ClN7O3/c1-2-13(29)11-31-14-8-6-12(7-9-14)5-3-4-10-25-20(24)28-19(30)15-17(22)27-18(23)16(21)26-15/h6-9,13,29H,2-5,10-11H2,1H3,(H4,22,23,27)(H3,24,25,28,30)/t13-/m1/s1.